The minimum atomic E-state index is -0.258. The molecule has 2 rings (SSSR count). The van der Waals surface area contributed by atoms with Gasteiger partial charge in [-0.1, -0.05) is 34.1 Å². The smallest absolute Gasteiger partial charge is 0.127 e. The Morgan fingerprint density at radius 3 is 2.75 bits per heavy atom. The molecule has 0 aliphatic carbocycles. The van der Waals surface area contributed by atoms with Crippen molar-refractivity contribution in [3.05, 3.63) is 63.9 Å². The molecule has 0 spiro atoms. The average Bonchev–Trinajstić information content (AvgIpc) is 2.42. The Labute approximate surface area is 126 Å². The van der Waals surface area contributed by atoms with Crippen molar-refractivity contribution in [2.24, 2.45) is 5.73 Å². The topological polar surface area (TPSA) is 35.2 Å². The van der Waals surface area contributed by atoms with Crippen molar-refractivity contribution in [1.82, 2.24) is 0 Å². The average molecular weight is 338 g/mol. The molecule has 0 radical (unpaired) electrons. The van der Waals surface area contributed by atoms with E-state index in [1.807, 2.05) is 37.3 Å². The molecule has 4 heteroatoms. The third-order valence-electron chi connectivity index (χ3n) is 3.05. The van der Waals surface area contributed by atoms with Crippen LogP contribution in [-0.2, 0) is 6.42 Å². The molecule has 0 fully saturated rings. The van der Waals surface area contributed by atoms with E-state index in [0.717, 1.165) is 15.8 Å². The van der Waals surface area contributed by atoms with E-state index in [4.69, 9.17) is 10.5 Å². The summed E-state index contributed by atoms with van der Waals surface area (Å²) in [5.74, 6) is 0.549. The molecule has 0 heterocycles. The molecular formula is C16H17BrFNO. The van der Waals surface area contributed by atoms with E-state index in [9.17, 15) is 4.39 Å². The molecule has 2 aromatic carbocycles. The van der Waals surface area contributed by atoms with Crippen molar-refractivity contribution in [3.63, 3.8) is 0 Å². The minimum absolute atomic E-state index is 0.240. The second-order valence-corrected chi connectivity index (χ2v) is 5.47. The van der Waals surface area contributed by atoms with Gasteiger partial charge >= 0.3 is 0 Å². The number of ether oxygens (including phenoxy) is 1. The summed E-state index contributed by atoms with van der Waals surface area (Å²) in [6.45, 7) is 2.55. The molecule has 1 atom stereocenters. The van der Waals surface area contributed by atoms with Crippen molar-refractivity contribution in [3.8, 4) is 5.75 Å². The summed E-state index contributed by atoms with van der Waals surface area (Å²) >= 11 is 3.25. The predicted molar refractivity (Wildman–Crippen MR) is 82.3 cm³/mol. The van der Waals surface area contributed by atoms with Crippen molar-refractivity contribution in [2.45, 2.75) is 19.4 Å². The zero-order valence-electron chi connectivity index (χ0n) is 11.3. The lowest BCUT2D eigenvalue weighted by molar-refractivity contribution is 0.339. The van der Waals surface area contributed by atoms with Gasteiger partial charge in [0.1, 0.15) is 11.6 Å². The summed E-state index contributed by atoms with van der Waals surface area (Å²) in [5.41, 5.74) is 7.72. The molecule has 106 valence electrons. The first kappa shape index (κ1) is 15.0. The standard InChI is InChI=1S/C16H17BrFNO/c1-2-20-14-5-3-4-12(8-14)16(19)9-11-6-7-13(17)10-15(11)18/h3-8,10,16H,2,9,19H2,1H3. The van der Waals surface area contributed by atoms with Gasteiger partial charge in [0.2, 0.25) is 0 Å². The lowest BCUT2D eigenvalue weighted by Gasteiger charge is -2.14. The van der Waals surface area contributed by atoms with E-state index in [1.54, 1.807) is 6.07 Å². The normalized spacial score (nSPS) is 12.2. The molecule has 0 bridgehead atoms. The molecule has 0 saturated heterocycles. The second-order valence-electron chi connectivity index (χ2n) is 4.55. The molecule has 2 nitrogen and oxygen atoms in total. The molecule has 2 N–H and O–H groups in total. The lowest BCUT2D eigenvalue weighted by atomic mass is 9.99. The molecule has 0 aromatic heterocycles. The van der Waals surface area contributed by atoms with E-state index < -0.39 is 0 Å². The monoisotopic (exact) mass is 337 g/mol. The first-order chi connectivity index (χ1) is 9.60. The molecule has 2 aromatic rings. The summed E-state index contributed by atoms with van der Waals surface area (Å²) in [4.78, 5) is 0. The first-order valence-electron chi connectivity index (χ1n) is 6.52. The SMILES string of the molecule is CCOc1cccc(C(N)Cc2ccc(Br)cc2F)c1. The van der Waals surface area contributed by atoms with Gasteiger partial charge in [0, 0.05) is 10.5 Å². The molecule has 20 heavy (non-hydrogen) atoms. The number of rotatable bonds is 5. The van der Waals surface area contributed by atoms with Gasteiger partial charge in [0.25, 0.3) is 0 Å². The maximum atomic E-state index is 13.8. The van der Waals surface area contributed by atoms with Crippen LogP contribution in [0.4, 0.5) is 4.39 Å². The Morgan fingerprint density at radius 2 is 2.05 bits per heavy atom. The highest BCUT2D eigenvalue weighted by Crippen LogP contribution is 2.23. The summed E-state index contributed by atoms with van der Waals surface area (Å²) in [6.07, 6.45) is 0.453. The number of benzene rings is 2. The summed E-state index contributed by atoms with van der Waals surface area (Å²) in [7, 11) is 0. The molecular weight excluding hydrogens is 321 g/mol. The van der Waals surface area contributed by atoms with Crippen LogP contribution in [0.1, 0.15) is 24.1 Å². The predicted octanol–water partition coefficient (Wildman–Crippen LogP) is 4.23. The Bertz CT molecular complexity index is 588. The fraction of sp³-hybridized carbons (Fsp3) is 0.250. The number of hydrogen-bond donors (Lipinski definition) is 1. The van der Waals surface area contributed by atoms with E-state index in [1.165, 1.54) is 6.07 Å². The summed E-state index contributed by atoms with van der Waals surface area (Å²) in [5, 5.41) is 0. The van der Waals surface area contributed by atoms with Crippen molar-refractivity contribution >= 4 is 15.9 Å². The fourth-order valence-corrected chi connectivity index (χ4v) is 2.38. The van der Waals surface area contributed by atoms with Gasteiger partial charge in [0.15, 0.2) is 0 Å². The zero-order valence-corrected chi connectivity index (χ0v) is 12.9. The van der Waals surface area contributed by atoms with Gasteiger partial charge in [0.05, 0.1) is 6.61 Å². The van der Waals surface area contributed by atoms with Crippen LogP contribution in [0.2, 0.25) is 0 Å². The summed E-state index contributed by atoms with van der Waals surface area (Å²) in [6, 6.07) is 12.4. The van der Waals surface area contributed by atoms with Crippen LogP contribution in [0, 0.1) is 5.82 Å². The Kier molecular flexibility index (Phi) is 5.15. The highest BCUT2D eigenvalue weighted by atomic mass is 79.9. The van der Waals surface area contributed by atoms with Gasteiger partial charge in [-0.2, -0.15) is 0 Å². The Hall–Kier alpha value is -1.39. The molecule has 0 aliphatic heterocycles. The Morgan fingerprint density at radius 1 is 1.25 bits per heavy atom. The largest absolute Gasteiger partial charge is 0.494 e. The lowest BCUT2D eigenvalue weighted by Crippen LogP contribution is -2.14. The quantitative estimate of drug-likeness (QED) is 0.886. The highest BCUT2D eigenvalue weighted by molar-refractivity contribution is 9.10. The van der Waals surface area contributed by atoms with Gasteiger partial charge < -0.3 is 10.5 Å². The van der Waals surface area contributed by atoms with Crippen molar-refractivity contribution in [1.29, 1.82) is 0 Å². The molecule has 0 aliphatic rings. The van der Waals surface area contributed by atoms with Crippen LogP contribution >= 0.6 is 15.9 Å². The molecule has 1 unspecified atom stereocenters. The van der Waals surface area contributed by atoms with Crippen LogP contribution in [0.5, 0.6) is 5.75 Å². The van der Waals surface area contributed by atoms with Gasteiger partial charge in [-0.3, -0.25) is 0 Å². The third-order valence-corrected chi connectivity index (χ3v) is 3.55. The van der Waals surface area contributed by atoms with E-state index >= 15 is 0 Å². The fourth-order valence-electron chi connectivity index (χ4n) is 2.04. The van der Waals surface area contributed by atoms with E-state index in [2.05, 4.69) is 15.9 Å². The minimum Gasteiger partial charge on any atom is -0.494 e. The van der Waals surface area contributed by atoms with Gasteiger partial charge in [-0.15, -0.1) is 0 Å². The van der Waals surface area contributed by atoms with E-state index in [-0.39, 0.29) is 11.9 Å². The van der Waals surface area contributed by atoms with Crippen molar-refractivity contribution < 1.29 is 9.13 Å². The van der Waals surface area contributed by atoms with Crippen LogP contribution < -0.4 is 10.5 Å². The van der Waals surface area contributed by atoms with Crippen LogP contribution in [-0.4, -0.2) is 6.61 Å². The maximum absolute atomic E-state index is 13.8. The first-order valence-corrected chi connectivity index (χ1v) is 7.31. The van der Waals surface area contributed by atoms with Gasteiger partial charge in [-0.25, -0.2) is 4.39 Å². The van der Waals surface area contributed by atoms with Crippen LogP contribution in [0.25, 0.3) is 0 Å². The van der Waals surface area contributed by atoms with Crippen molar-refractivity contribution in [2.75, 3.05) is 6.61 Å². The Balaban J connectivity index is 2.15. The highest BCUT2D eigenvalue weighted by Gasteiger charge is 2.11. The van der Waals surface area contributed by atoms with Gasteiger partial charge in [-0.05, 0) is 48.7 Å². The second kappa shape index (κ2) is 6.86. The molecule has 0 saturated carbocycles. The van der Waals surface area contributed by atoms with Crippen LogP contribution in [0.3, 0.4) is 0 Å². The number of halogens is 2. The molecule has 0 amide bonds. The van der Waals surface area contributed by atoms with E-state index in [0.29, 0.717) is 18.6 Å². The number of nitrogens with two attached hydrogens (primary N) is 1. The zero-order chi connectivity index (χ0) is 14.5. The summed E-state index contributed by atoms with van der Waals surface area (Å²) < 4.78 is 20.0. The number of hydrogen-bond acceptors (Lipinski definition) is 2. The third kappa shape index (κ3) is 3.81. The maximum Gasteiger partial charge on any atom is 0.127 e. The van der Waals surface area contributed by atoms with Crippen LogP contribution in [0.15, 0.2) is 46.9 Å².